The van der Waals surface area contributed by atoms with Crippen molar-refractivity contribution in [1.82, 2.24) is 5.32 Å². The predicted molar refractivity (Wildman–Crippen MR) is 91.7 cm³/mol. The number of halogens is 1. The number of nitrogens with one attached hydrogen (secondary N) is 1. The summed E-state index contributed by atoms with van der Waals surface area (Å²) in [5.41, 5.74) is 0.861. The summed E-state index contributed by atoms with van der Waals surface area (Å²) in [6, 6.07) is 7.39. The molecule has 1 rings (SSSR count). The molecule has 110 valence electrons. The van der Waals surface area contributed by atoms with Gasteiger partial charge in [-0.05, 0) is 60.2 Å². The number of hydrogen-bond acceptors (Lipinski definition) is 3. The summed E-state index contributed by atoms with van der Waals surface area (Å²) in [6.07, 6.45) is 3.24. The van der Waals surface area contributed by atoms with Crippen molar-refractivity contribution in [2.24, 2.45) is 0 Å². The molecule has 1 N–H and O–H groups in total. The van der Waals surface area contributed by atoms with Crippen LogP contribution in [0, 0.1) is 14.9 Å². The van der Waals surface area contributed by atoms with Crippen molar-refractivity contribution in [3.63, 3.8) is 0 Å². The summed E-state index contributed by atoms with van der Waals surface area (Å²) in [5, 5.41) is 11.8. The number of carbonyl (C=O) groups excluding carboxylic acids is 1. The molecule has 0 aliphatic heterocycles. The number of benzene rings is 1. The summed E-state index contributed by atoms with van der Waals surface area (Å²) in [6.45, 7) is 7.73. The molecule has 0 unspecified atom stereocenters. The average molecular weight is 396 g/mol. The molecule has 0 aliphatic rings. The van der Waals surface area contributed by atoms with Gasteiger partial charge in [0.05, 0.1) is 3.57 Å². The molecular weight excluding hydrogens is 379 g/mol. The van der Waals surface area contributed by atoms with E-state index in [9.17, 15) is 4.79 Å². The van der Waals surface area contributed by atoms with Crippen LogP contribution in [0.15, 0.2) is 36.4 Å². The van der Waals surface area contributed by atoms with Crippen molar-refractivity contribution in [3.05, 3.63) is 45.6 Å². The Bertz CT molecular complexity index is 601. The lowest BCUT2D eigenvalue weighted by atomic mass is 10.1. The Morgan fingerprint density at radius 3 is 2.81 bits per heavy atom. The van der Waals surface area contributed by atoms with Crippen LogP contribution in [0.25, 0.3) is 6.08 Å². The first-order chi connectivity index (χ1) is 9.97. The van der Waals surface area contributed by atoms with Gasteiger partial charge in [0.1, 0.15) is 24.0 Å². The number of ether oxygens (including phenoxy) is 1. The van der Waals surface area contributed by atoms with Crippen LogP contribution in [-0.4, -0.2) is 18.6 Å². The van der Waals surface area contributed by atoms with Gasteiger partial charge < -0.3 is 10.1 Å². The topological polar surface area (TPSA) is 62.1 Å². The van der Waals surface area contributed by atoms with E-state index in [0.29, 0.717) is 6.61 Å². The van der Waals surface area contributed by atoms with Crippen molar-refractivity contribution in [2.75, 3.05) is 6.61 Å². The van der Waals surface area contributed by atoms with Crippen molar-refractivity contribution < 1.29 is 9.53 Å². The first-order valence-corrected chi connectivity index (χ1v) is 7.51. The SMILES string of the molecule is C=CCOc1ccc(/C=C(/C#N)C(=O)NC(C)C)cc1I. The van der Waals surface area contributed by atoms with Crippen molar-refractivity contribution >= 4 is 34.6 Å². The fourth-order valence-corrected chi connectivity index (χ4v) is 2.22. The monoisotopic (exact) mass is 396 g/mol. The van der Waals surface area contributed by atoms with E-state index in [1.807, 2.05) is 32.0 Å². The van der Waals surface area contributed by atoms with Crippen LogP contribution in [-0.2, 0) is 4.79 Å². The lowest BCUT2D eigenvalue weighted by Crippen LogP contribution is -2.30. The van der Waals surface area contributed by atoms with Gasteiger partial charge in [-0.25, -0.2) is 0 Å². The van der Waals surface area contributed by atoms with Gasteiger partial charge in [-0.1, -0.05) is 18.7 Å². The van der Waals surface area contributed by atoms with Gasteiger partial charge in [-0.3, -0.25) is 4.79 Å². The maximum Gasteiger partial charge on any atom is 0.262 e. The fourth-order valence-electron chi connectivity index (χ4n) is 1.53. The summed E-state index contributed by atoms with van der Waals surface area (Å²) in [7, 11) is 0. The van der Waals surface area contributed by atoms with E-state index < -0.39 is 0 Å². The normalized spacial score (nSPS) is 10.9. The first-order valence-electron chi connectivity index (χ1n) is 6.43. The maximum atomic E-state index is 11.8. The molecule has 0 aliphatic carbocycles. The summed E-state index contributed by atoms with van der Waals surface area (Å²) >= 11 is 2.15. The van der Waals surface area contributed by atoms with Crippen LogP contribution < -0.4 is 10.1 Å². The van der Waals surface area contributed by atoms with E-state index in [-0.39, 0.29) is 17.5 Å². The van der Waals surface area contributed by atoms with Crippen molar-refractivity contribution in [1.29, 1.82) is 5.26 Å². The zero-order valence-electron chi connectivity index (χ0n) is 12.0. The standard InChI is InChI=1S/C16H17IN2O2/c1-4-7-21-15-6-5-12(9-14(15)17)8-13(10-18)16(20)19-11(2)3/h4-6,8-9,11H,1,7H2,2-3H3,(H,19,20)/b13-8-. The zero-order chi connectivity index (χ0) is 15.8. The van der Waals surface area contributed by atoms with Crippen LogP contribution in [0.1, 0.15) is 19.4 Å². The number of amides is 1. The Labute approximate surface area is 138 Å². The number of rotatable bonds is 6. The van der Waals surface area contributed by atoms with E-state index >= 15 is 0 Å². The second kappa shape index (κ2) is 8.47. The van der Waals surface area contributed by atoms with Gasteiger partial charge >= 0.3 is 0 Å². The zero-order valence-corrected chi connectivity index (χ0v) is 14.2. The van der Waals surface area contributed by atoms with E-state index in [1.54, 1.807) is 18.2 Å². The summed E-state index contributed by atoms with van der Waals surface area (Å²) < 4.78 is 6.39. The highest BCUT2D eigenvalue weighted by molar-refractivity contribution is 14.1. The minimum Gasteiger partial charge on any atom is -0.488 e. The van der Waals surface area contributed by atoms with Crippen molar-refractivity contribution in [2.45, 2.75) is 19.9 Å². The van der Waals surface area contributed by atoms with Gasteiger partial charge in [0.15, 0.2) is 0 Å². The second-order valence-electron chi connectivity index (χ2n) is 4.59. The Balaban J connectivity index is 2.97. The second-order valence-corrected chi connectivity index (χ2v) is 5.75. The van der Waals surface area contributed by atoms with Crippen LogP contribution >= 0.6 is 22.6 Å². The third-order valence-electron chi connectivity index (χ3n) is 2.41. The third-order valence-corrected chi connectivity index (χ3v) is 3.25. The van der Waals surface area contributed by atoms with E-state index in [2.05, 4.69) is 34.5 Å². The smallest absolute Gasteiger partial charge is 0.262 e. The van der Waals surface area contributed by atoms with Crippen LogP contribution in [0.4, 0.5) is 0 Å². The first kappa shape index (κ1) is 17.2. The molecule has 1 aromatic rings. The number of carbonyl (C=O) groups is 1. The van der Waals surface area contributed by atoms with E-state index in [4.69, 9.17) is 10.00 Å². The molecule has 0 radical (unpaired) electrons. The summed E-state index contributed by atoms with van der Waals surface area (Å²) in [4.78, 5) is 11.8. The molecule has 0 bridgehead atoms. The number of nitrogens with zero attached hydrogens (tertiary/aromatic N) is 1. The predicted octanol–water partition coefficient (Wildman–Crippen LogP) is 3.29. The minimum absolute atomic E-state index is 0.0101. The molecule has 0 fully saturated rings. The highest BCUT2D eigenvalue weighted by atomic mass is 127. The molecule has 1 aromatic carbocycles. The molecule has 4 nitrogen and oxygen atoms in total. The Hall–Kier alpha value is -1.81. The van der Waals surface area contributed by atoms with E-state index in [0.717, 1.165) is 14.9 Å². The van der Waals surface area contributed by atoms with Crippen molar-refractivity contribution in [3.8, 4) is 11.8 Å². The molecule has 1 amide bonds. The Morgan fingerprint density at radius 2 is 2.29 bits per heavy atom. The fraction of sp³-hybridized carbons (Fsp3) is 0.250. The lowest BCUT2D eigenvalue weighted by Gasteiger charge is -2.08. The van der Waals surface area contributed by atoms with Crippen LogP contribution in [0.3, 0.4) is 0 Å². The molecule has 5 heteroatoms. The van der Waals surface area contributed by atoms with Crippen LogP contribution in [0.5, 0.6) is 5.75 Å². The molecular formula is C16H17IN2O2. The summed E-state index contributed by atoms with van der Waals surface area (Å²) in [5.74, 6) is 0.382. The highest BCUT2D eigenvalue weighted by Crippen LogP contribution is 2.23. The molecule has 0 spiro atoms. The molecule has 0 saturated carbocycles. The third kappa shape index (κ3) is 5.60. The number of nitriles is 1. The average Bonchev–Trinajstić information content (AvgIpc) is 2.43. The van der Waals surface area contributed by atoms with E-state index in [1.165, 1.54) is 0 Å². The lowest BCUT2D eigenvalue weighted by molar-refractivity contribution is -0.117. The van der Waals surface area contributed by atoms with Gasteiger partial charge in [-0.2, -0.15) is 5.26 Å². The minimum atomic E-state index is -0.366. The molecule has 0 aromatic heterocycles. The largest absolute Gasteiger partial charge is 0.488 e. The Kier molecular flexibility index (Phi) is 6.96. The van der Waals surface area contributed by atoms with Gasteiger partial charge in [0.25, 0.3) is 5.91 Å². The molecule has 0 atom stereocenters. The van der Waals surface area contributed by atoms with Crippen LogP contribution in [0.2, 0.25) is 0 Å². The van der Waals surface area contributed by atoms with Gasteiger partial charge in [0.2, 0.25) is 0 Å². The highest BCUT2D eigenvalue weighted by Gasteiger charge is 2.10. The molecule has 21 heavy (non-hydrogen) atoms. The molecule has 0 heterocycles. The van der Waals surface area contributed by atoms with Gasteiger partial charge in [0, 0.05) is 6.04 Å². The Morgan fingerprint density at radius 1 is 1.57 bits per heavy atom. The quantitative estimate of drug-likeness (QED) is 0.348. The molecule has 0 saturated heterocycles. The number of hydrogen-bond donors (Lipinski definition) is 1. The maximum absolute atomic E-state index is 11.8. The van der Waals surface area contributed by atoms with Gasteiger partial charge in [-0.15, -0.1) is 0 Å².